The van der Waals surface area contributed by atoms with Gasteiger partial charge in [-0.3, -0.25) is 4.79 Å². The van der Waals surface area contributed by atoms with E-state index < -0.39 is 10.0 Å². The van der Waals surface area contributed by atoms with Crippen molar-refractivity contribution in [1.29, 1.82) is 0 Å². The van der Waals surface area contributed by atoms with Crippen molar-refractivity contribution in [1.82, 2.24) is 4.31 Å². The van der Waals surface area contributed by atoms with Gasteiger partial charge in [0, 0.05) is 37.3 Å². The summed E-state index contributed by atoms with van der Waals surface area (Å²) in [5, 5.41) is 8.22. The fourth-order valence-electron chi connectivity index (χ4n) is 4.69. The Kier molecular flexibility index (Phi) is 6.90. The van der Waals surface area contributed by atoms with Crippen LogP contribution in [-0.2, 0) is 19.6 Å². The van der Waals surface area contributed by atoms with Crippen molar-refractivity contribution < 1.29 is 17.9 Å². The number of morpholine rings is 1. The number of amides is 1. The van der Waals surface area contributed by atoms with Gasteiger partial charge in [-0.25, -0.2) is 8.42 Å². The van der Waals surface area contributed by atoms with Gasteiger partial charge in [0.15, 0.2) is 0 Å². The molecule has 2 N–H and O–H groups in total. The number of nitrogens with zero attached hydrogens (tertiary/aromatic N) is 2. The van der Waals surface area contributed by atoms with E-state index in [0.717, 1.165) is 48.1 Å². The van der Waals surface area contributed by atoms with Gasteiger partial charge >= 0.3 is 0 Å². The van der Waals surface area contributed by atoms with E-state index in [9.17, 15) is 13.2 Å². The molecule has 35 heavy (non-hydrogen) atoms. The van der Waals surface area contributed by atoms with Crippen LogP contribution in [0.2, 0.25) is 0 Å². The van der Waals surface area contributed by atoms with Gasteiger partial charge in [0.05, 0.1) is 36.0 Å². The third-order valence-corrected chi connectivity index (χ3v) is 8.42. The average Bonchev–Trinajstić information content (AvgIpc) is 3.43. The largest absolute Gasteiger partial charge is 0.379 e. The fourth-order valence-corrected chi connectivity index (χ4v) is 6.13. The van der Waals surface area contributed by atoms with Gasteiger partial charge in [0.25, 0.3) is 0 Å². The van der Waals surface area contributed by atoms with Crippen molar-refractivity contribution in [3.63, 3.8) is 0 Å². The van der Waals surface area contributed by atoms with E-state index in [2.05, 4.69) is 15.5 Å². The second kappa shape index (κ2) is 10.2. The van der Waals surface area contributed by atoms with Gasteiger partial charge in [-0.1, -0.05) is 36.4 Å². The topological polar surface area (TPSA) is 91.0 Å². The third-order valence-electron chi connectivity index (χ3n) is 6.53. The van der Waals surface area contributed by atoms with Gasteiger partial charge in [-0.2, -0.15) is 4.31 Å². The smallest absolute Gasteiger partial charge is 0.243 e. The SMILES string of the molecule is O=C(CNc1cc(S(=O)(=O)N2CCOCC2)ccc1N1CCCC1)Nc1cccc2ccccc12. The lowest BCUT2D eigenvalue weighted by Crippen LogP contribution is -2.40. The zero-order valence-electron chi connectivity index (χ0n) is 19.6. The van der Waals surface area contributed by atoms with Crippen LogP contribution in [0.15, 0.2) is 65.6 Å². The predicted molar refractivity (Wildman–Crippen MR) is 139 cm³/mol. The molecule has 0 aromatic heterocycles. The number of hydrogen-bond donors (Lipinski definition) is 2. The number of benzene rings is 3. The van der Waals surface area contributed by atoms with Crippen LogP contribution in [-0.4, -0.2) is 64.6 Å². The highest BCUT2D eigenvalue weighted by Gasteiger charge is 2.28. The third kappa shape index (κ3) is 5.12. The molecule has 1 amide bonds. The van der Waals surface area contributed by atoms with Crippen molar-refractivity contribution in [2.45, 2.75) is 17.7 Å². The standard InChI is InChI=1S/C26H30N4O4S/c31-26(28-23-9-5-7-20-6-1-2-8-22(20)23)19-27-24-18-21(10-11-25(24)29-12-3-4-13-29)35(32,33)30-14-16-34-17-15-30/h1-2,5-11,18,27H,3-4,12-17,19H2,(H,28,31). The van der Waals surface area contributed by atoms with E-state index in [1.807, 2.05) is 48.5 Å². The summed E-state index contributed by atoms with van der Waals surface area (Å²) in [4.78, 5) is 15.3. The molecule has 2 aliphatic heterocycles. The number of carbonyl (C=O) groups excluding carboxylic acids is 1. The quantitative estimate of drug-likeness (QED) is 0.522. The summed E-state index contributed by atoms with van der Waals surface area (Å²) in [5.74, 6) is -0.199. The molecular weight excluding hydrogens is 464 g/mol. The highest BCUT2D eigenvalue weighted by Crippen LogP contribution is 2.32. The minimum Gasteiger partial charge on any atom is -0.379 e. The second-order valence-corrected chi connectivity index (χ2v) is 10.8. The summed E-state index contributed by atoms with van der Waals surface area (Å²) in [6.45, 7) is 3.30. The van der Waals surface area contributed by atoms with Gasteiger partial charge in [0.1, 0.15) is 0 Å². The second-order valence-electron chi connectivity index (χ2n) is 8.82. The lowest BCUT2D eigenvalue weighted by atomic mass is 10.1. The lowest BCUT2D eigenvalue weighted by molar-refractivity contribution is -0.114. The number of rotatable bonds is 7. The van der Waals surface area contributed by atoms with Gasteiger partial charge < -0.3 is 20.3 Å². The number of fused-ring (bicyclic) bond motifs is 1. The van der Waals surface area contributed by atoms with E-state index >= 15 is 0 Å². The van der Waals surface area contributed by atoms with Crippen LogP contribution in [0, 0.1) is 0 Å². The minimum atomic E-state index is -3.64. The molecule has 184 valence electrons. The van der Waals surface area contributed by atoms with E-state index in [1.165, 1.54) is 4.31 Å². The minimum absolute atomic E-state index is 0.0190. The first-order valence-electron chi connectivity index (χ1n) is 12.0. The van der Waals surface area contributed by atoms with E-state index in [0.29, 0.717) is 32.0 Å². The first kappa shape index (κ1) is 23.6. The molecule has 0 aliphatic carbocycles. The van der Waals surface area contributed by atoms with Crippen LogP contribution >= 0.6 is 0 Å². The molecule has 0 radical (unpaired) electrons. The number of anilines is 3. The molecule has 2 aliphatic rings. The zero-order chi connectivity index (χ0) is 24.3. The Hall–Kier alpha value is -3.14. The van der Waals surface area contributed by atoms with Crippen molar-refractivity contribution in [2.24, 2.45) is 0 Å². The summed E-state index contributed by atoms with van der Waals surface area (Å²) < 4.78 is 33.2. The van der Waals surface area contributed by atoms with Crippen LogP contribution in [0.5, 0.6) is 0 Å². The Labute approximate surface area is 205 Å². The molecule has 5 rings (SSSR count). The fraction of sp³-hybridized carbons (Fsp3) is 0.346. The Morgan fingerprint density at radius 2 is 1.63 bits per heavy atom. The summed E-state index contributed by atoms with van der Waals surface area (Å²) in [7, 11) is -3.64. The molecule has 3 aromatic carbocycles. The normalized spacial score (nSPS) is 17.0. The van der Waals surface area contributed by atoms with Gasteiger partial charge in [0.2, 0.25) is 15.9 Å². The summed E-state index contributed by atoms with van der Waals surface area (Å²) in [6.07, 6.45) is 2.18. The Balaban J connectivity index is 1.37. The van der Waals surface area contributed by atoms with E-state index in [1.54, 1.807) is 12.1 Å². The Morgan fingerprint density at radius 3 is 2.43 bits per heavy atom. The number of nitrogens with one attached hydrogen (secondary N) is 2. The molecular formula is C26H30N4O4S. The predicted octanol–water partition coefficient (Wildman–Crippen LogP) is 3.51. The molecule has 0 saturated carbocycles. The molecule has 2 heterocycles. The van der Waals surface area contributed by atoms with Crippen molar-refractivity contribution in [3.8, 4) is 0 Å². The average molecular weight is 495 g/mol. The van der Waals surface area contributed by atoms with E-state index in [4.69, 9.17) is 4.74 Å². The van der Waals surface area contributed by atoms with E-state index in [-0.39, 0.29) is 17.3 Å². The number of sulfonamides is 1. The molecule has 0 atom stereocenters. The highest BCUT2D eigenvalue weighted by molar-refractivity contribution is 7.89. The van der Waals surface area contributed by atoms with Crippen molar-refractivity contribution in [3.05, 3.63) is 60.7 Å². The first-order valence-corrected chi connectivity index (χ1v) is 13.4. The molecule has 0 unspecified atom stereocenters. The number of hydrogen-bond acceptors (Lipinski definition) is 6. The number of ether oxygens (including phenoxy) is 1. The van der Waals surface area contributed by atoms with Crippen LogP contribution < -0.4 is 15.5 Å². The zero-order valence-corrected chi connectivity index (χ0v) is 20.4. The monoisotopic (exact) mass is 494 g/mol. The summed E-state index contributed by atoms with van der Waals surface area (Å²) >= 11 is 0. The number of carbonyl (C=O) groups is 1. The maximum Gasteiger partial charge on any atom is 0.243 e. The molecule has 2 saturated heterocycles. The molecule has 0 spiro atoms. The maximum absolute atomic E-state index is 13.2. The Bertz CT molecular complexity index is 1310. The molecule has 2 fully saturated rings. The lowest BCUT2D eigenvalue weighted by Gasteiger charge is -2.27. The van der Waals surface area contributed by atoms with Crippen LogP contribution in [0.3, 0.4) is 0 Å². The van der Waals surface area contributed by atoms with Gasteiger partial charge in [-0.05, 0) is 42.5 Å². The van der Waals surface area contributed by atoms with Crippen molar-refractivity contribution in [2.75, 3.05) is 61.5 Å². The molecule has 9 heteroatoms. The van der Waals surface area contributed by atoms with Crippen LogP contribution in [0.4, 0.5) is 17.1 Å². The highest BCUT2D eigenvalue weighted by atomic mass is 32.2. The summed E-state index contributed by atoms with van der Waals surface area (Å²) in [6, 6.07) is 18.9. The maximum atomic E-state index is 13.2. The van der Waals surface area contributed by atoms with Crippen LogP contribution in [0.25, 0.3) is 10.8 Å². The Morgan fingerprint density at radius 1 is 0.886 bits per heavy atom. The molecule has 3 aromatic rings. The molecule has 0 bridgehead atoms. The van der Waals surface area contributed by atoms with Crippen molar-refractivity contribution >= 4 is 43.8 Å². The van der Waals surface area contributed by atoms with Gasteiger partial charge in [-0.15, -0.1) is 0 Å². The summed E-state index contributed by atoms with van der Waals surface area (Å²) in [5.41, 5.74) is 2.31. The molecule has 8 nitrogen and oxygen atoms in total. The first-order chi connectivity index (χ1) is 17.0. The van der Waals surface area contributed by atoms with Crippen LogP contribution in [0.1, 0.15) is 12.8 Å².